The number of carbonyl (C=O) groups is 2. The van der Waals surface area contributed by atoms with Crippen molar-refractivity contribution >= 4 is 11.9 Å². The van der Waals surface area contributed by atoms with Gasteiger partial charge in [-0.25, -0.2) is 0 Å². The molecule has 0 aromatic carbocycles. The smallest absolute Gasteiger partial charge is 0.326 e. The lowest BCUT2D eigenvalue weighted by Gasteiger charge is -2.29. The maximum atomic E-state index is 11.4. The highest BCUT2D eigenvalue weighted by atomic mass is 16.5. The van der Waals surface area contributed by atoms with Gasteiger partial charge in [0.15, 0.2) is 0 Å². The first-order valence-corrected chi connectivity index (χ1v) is 4.32. The SMILES string of the molecule is COC(=O)CC(N)(C(=O)OC)C(C)C. The normalized spacial score (nSPS) is 14.7. The van der Waals surface area contributed by atoms with E-state index in [2.05, 4.69) is 9.47 Å². The van der Waals surface area contributed by atoms with Crippen LogP contribution < -0.4 is 5.73 Å². The molecule has 0 spiro atoms. The summed E-state index contributed by atoms with van der Waals surface area (Å²) in [4.78, 5) is 22.4. The van der Waals surface area contributed by atoms with Crippen LogP contribution in [0.4, 0.5) is 0 Å². The van der Waals surface area contributed by atoms with Gasteiger partial charge in [-0.3, -0.25) is 9.59 Å². The molecule has 82 valence electrons. The summed E-state index contributed by atoms with van der Waals surface area (Å²) >= 11 is 0. The van der Waals surface area contributed by atoms with Crippen molar-refractivity contribution in [3.63, 3.8) is 0 Å². The monoisotopic (exact) mass is 203 g/mol. The van der Waals surface area contributed by atoms with Gasteiger partial charge in [0.1, 0.15) is 5.54 Å². The minimum Gasteiger partial charge on any atom is -0.469 e. The van der Waals surface area contributed by atoms with Gasteiger partial charge in [0.25, 0.3) is 0 Å². The van der Waals surface area contributed by atoms with Crippen LogP contribution in [0.2, 0.25) is 0 Å². The molecule has 0 aliphatic carbocycles. The first-order valence-electron chi connectivity index (χ1n) is 4.32. The van der Waals surface area contributed by atoms with Gasteiger partial charge < -0.3 is 15.2 Å². The Kier molecular flexibility index (Phi) is 4.56. The Hall–Kier alpha value is -1.10. The molecule has 2 N–H and O–H groups in total. The van der Waals surface area contributed by atoms with Crippen LogP contribution in [0, 0.1) is 5.92 Å². The second-order valence-corrected chi connectivity index (χ2v) is 3.44. The first kappa shape index (κ1) is 12.9. The largest absolute Gasteiger partial charge is 0.469 e. The molecule has 0 aliphatic rings. The summed E-state index contributed by atoms with van der Waals surface area (Å²) < 4.78 is 9.01. The molecule has 0 aliphatic heterocycles. The molecule has 1 unspecified atom stereocenters. The third-order valence-electron chi connectivity index (χ3n) is 2.26. The third kappa shape index (κ3) is 2.70. The van der Waals surface area contributed by atoms with Crippen molar-refractivity contribution in [3.8, 4) is 0 Å². The highest BCUT2D eigenvalue weighted by Crippen LogP contribution is 2.20. The van der Waals surface area contributed by atoms with Gasteiger partial charge in [0.2, 0.25) is 0 Å². The molecule has 14 heavy (non-hydrogen) atoms. The van der Waals surface area contributed by atoms with Crippen molar-refractivity contribution in [2.24, 2.45) is 11.7 Å². The van der Waals surface area contributed by atoms with E-state index in [0.29, 0.717) is 0 Å². The number of esters is 2. The quantitative estimate of drug-likeness (QED) is 0.654. The maximum Gasteiger partial charge on any atom is 0.326 e. The van der Waals surface area contributed by atoms with Crippen LogP contribution in [0.15, 0.2) is 0 Å². The number of ether oxygens (including phenoxy) is 2. The van der Waals surface area contributed by atoms with Crippen molar-refractivity contribution in [2.75, 3.05) is 14.2 Å². The minimum absolute atomic E-state index is 0.173. The average Bonchev–Trinajstić information content (AvgIpc) is 2.15. The van der Waals surface area contributed by atoms with Crippen LogP contribution in [-0.4, -0.2) is 31.7 Å². The van der Waals surface area contributed by atoms with Gasteiger partial charge >= 0.3 is 11.9 Å². The molecule has 0 radical (unpaired) electrons. The van der Waals surface area contributed by atoms with E-state index in [0.717, 1.165) is 0 Å². The third-order valence-corrected chi connectivity index (χ3v) is 2.26. The highest BCUT2D eigenvalue weighted by molar-refractivity contribution is 5.86. The molecular weight excluding hydrogens is 186 g/mol. The van der Waals surface area contributed by atoms with Gasteiger partial charge in [-0.05, 0) is 5.92 Å². The Bertz CT molecular complexity index is 227. The Morgan fingerprint density at radius 2 is 1.79 bits per heavy atom. The second-order valence-electron chi connectivity index (χ2n) is 3.44. The molecule has 5 nitrogen and oxygen atoms in total. The van der Waals surface area contributed by atoms with Crippen molar-refractivity contribution in [2.45, 2.75) is 25.8 Å². The fraction of sp³-hybridized carbons (Fsp3) is 0.778. The lowest BCUT2D eigenvalue weighted by Crippen LogP contribution is -2.54. The fourth-order valence-electron chi connectivity index (χ4n) is 1.01. The Labute approximate surface area is 83.5 Å². The predicted molar refractivity (Wildman–Crippen MR) is 50.4 cm³/mol. The van der Waals surface area contributed by atoms with E-state index < -0.39 is 17.5 Å². The van der Waals surface area contributed by atoms with Crippen molar-refractivity contribution < 1.29 is 19.1 Å². The van der Waals surface area contributed by atoms with Crippen LogP contribution in [0.25, 0.3) is 0 Å². The average molecular weight is 203 g/mol. The zero-order valence-electron chi connectivity index (χ0n) is 8.99. The van der Waals surface area contributed by atoms with Gasteiger partial charge in [-0.2, -0.15) is 0 Å². The fourth-order valence-corrected chi connectivity index (χ4v) is 1.01. The summed E-state index contributed by atoms with van der Waals surface area (Å²) in [6.45, 7) is 3.50. The van der Waals surface area contributed by atoms with Crippen molar-refractivity contribution in [3.05, 3.63) is 0 Å². The molecule has 0 bridgehead atoms. The Morgan fingerprint density at radius 1 is 1.29 bits per heavy atom. The standard InChI is InChI=1S/C9H17NO4/c1-6(2)9(10,8(12)14-4)5-7(11)13-3/h6H,5,10H2,1-4H3. The summed E-state index contributed by atoms with van der Waals surface area (Å²) in [5.41, 5.74) is 4.49. The molecule has 0 amide bonds. The molecule has 0 aromatic rings. The molecule has 0 rings (SSSR count). The van der Waals surface area contributed by atoms with E-state index in [-0.39, 0.29) is 12.3 Å². The van der Waals surface area contributed by atoms with Crippen LogP contribution >= 0.6 is 0 Å². The van der Waals surface area contributed by atoms with E-state index in [1.54, 1.807) is 13.8 Å². The number of hydrogen-bond donors (Lipinski definition) is 1. The van der Waals surface area contributed by atoms with Crippen LogP contribution in [0.1, 0.15) is 20.3 Å². The zero-order chi connectivity index (χ0) is 11.4. The van der Waals surface area contributed by atoms with Gasteiger partial charge in [-0.15, -0.1) is 0 Å². The van der Waals surface area contributed by atoms with Crippen LogP contribution in [0.3, 0.4) is 0 Å². The molecule has 0 fully saturated rings. The van der Waals surface area contributed by atoms with E-state index in [1.165, 1.54) is 14.2 Å². The van der Waals surface area contributed by atoms with E-state index in [9.17, 15) is 9.59 Å². The van der Waals surface area contributed by atoms with E-state index in [1.807, 2.05) is 0 Å². The Morgan fingerprint density at radius 3 is 2.07 bits per heavy atom. The molecule has 0 saturated carbocycles. The molecular formula is C9H17NO4. The number of nitrogens with two attached hydrogens (primary N) is 1. The molecule has 0 aromatic heterocycles. The highest BCUT2D eigenvalue weighted by Gasteiger charge is 2.41. The van der Waals surface area contributed by atoms with Crippen LogP contribution in [0.5, 0.6) is 0 Å². The zero-order valence-corrected chi connectivity index (χ0v) is 8.99. The molecule has 1 atom stereocenters. The predicted octanol–water partition coefficient (Wildman–Crippen LogP) is 0.0760. The number of rotatable bonds is 4. The summed E-state index contributed by atoms with van der Waals surface area (Å²) in [6.07, 6.45) is -0.173. The molecule has 5 heteroatoms. The van der Waals surface area contributed by atoms with E-state index >= 15 is 0 Å². The molecule has 0 saturated heterocycles. The summed E-state index contributed by atoms with van der Waals surface area (Å²) in [5, 5.41) is 0. The first-order chi connectivity index (χ1) is 6.38. The Balaban J connectivity index is 4.73. The second kappa shape index (κ2) is 4.95. The number of hydrogen-bond acceptors (Lipinski definition) is 5. The lowest BCUT2D eigenvalue weighted by molar-refractivity contribution is -0.155. The van der Waals surface area contributed by atoms with Gasteiger partial charge in [-0.1, -0.05) is 13.8 Å². The number of carbonyl (C=O) groups excluding carboxylic acids is 2. The number of methoxy groups -OCH3 is 2. The van der Waals surface area contributed by atoms with Crippen molar-refractivity contribution in [1.29, 1.82) is 0 Å². The minimum atomic E-state index is -1.30. The maximum absolute atomic E-state index is 11.4. The van der Waals surface area contributed by atoms with Crippen LogP contribution in [-0.2, 0) is 19.1 Å². The van der Waals surface area contributed by atoms with Crippen molar-refractivity contribution in [1.82, 2.24) is 0 Å². The van der Waals surface area contributed by atoms with Gasteiger partial charge in [0, 0.05) is 0 Å². The van der Waals surface area contributed by atoms with Gasteiger partial charge in [0.05, 0.1) is 20.6 Å². The lowest BCUT2D eigenvalue weighted by atomic mass is 9.84. The van der Waals surface area contributed by atoms with E-state index in [4.69, 9.17) is 5.73 Å². The summed E-state index contributed by atoms with van der Waals surface area (Å²) in [5.74, 6) is -1.32. The topological polar surface area (TPSA) is 78.6 Å². The summed E-state index contributed by atoms with van der Waals surface area (Å²) in [7, 11) is 2.49. The molecule has 0 heterocycles. The summed E-state index contributed by atoms with van der Waals surface area (Å²) in [6, 6.07) is 0.